The molecule has 118 valence electrons. The lowest BCUT2D eigenvalue weighted by Gasteiger charge is -2.19. The van der Waals surface area contributed by atoms with Gasteiger partial charge in [0.1, 0.15) is 0 Å². The fraction of sp³-hybridized carbons (Fsp3) is 0.938. The third-order valence-corrected chi connectivity index (χ3v) is 3.96. The summed E-state index contributed by atoms with van der Waals surface area (Å²) < 4.78 is 0. The first-order valence-electron chi connectivity index (χ1n) is 8.32. The number of nitrogens with zero attached hydrogens (tertiary/aromatic N) is 2. The lowest BCUT2D eigenvalue weighted by Crippen LogP contribution is -2.28. The smallest absolute Gasteiger partial charge is 0.221 e. The molecule has 0 saturated carbocycles. The molecule has 0 aromatic rings. The molecule has 0 aromatic heterocycles. The van der Waals surface area contributed by atoms with Gasteiger partial charge in [-0.3, -0.25) is 4.79 Å². The highest BCUT2D eigenvalue weighted by Gasteiger charge is 2.08. The Hall–Kier alpha value is -0.610. The van der Waals surface area contributed by atoms with Crippen LogP contribution in [0.25, 0.3) is 0 Å². The van der Waals surface area contributed by atoms with Crippen LogP contribution < -0.4 is 5.32 Å². The third kappa shape index (κ3) is 9.32. The Morgan fingerprint density at radius 1 is 1.05 bits per heavy atom. The zero-order valence-corrected chi connectivity index (χ0v) is 13.5. The third-order valence-electron chi connectivity index (χ3n) is 3.96. The summed E-state index contributed by atoms with van der Waals surface area (Å²) in [6.07, 6.45) is 9.80. The van der Waals surface area contributed by atoms with Crippen LogP contribution in [0.4, 0.5) is 0 Å². The molecule has 0 aliphatic carbocycles. The molecule has 0 radical (unpaired) electrons. The van der Waals surface area contributed by atoms with Crippen molar-refractivity contribution in [3.8, 4) is 0 Å². The minimum Gasteiger partial charge on any atom is -0.356 e. The lowest BCUT2D eigenvalue weighted by molar-refractivity contribution is -0.121. The van der Waals surface area contributed by atoms with Gasteiger partial charge in [-0.2, -0.15) is 0 Å². The molecule has 0 unspecified atom stereocenters. The first kappa shape index (κ1) is 17.4. The standard InChI is InChI=1S/C16H33N3O/c1-18(2)15-10-16(20)17-11-6-5-9-14-19-12-7-3-4-8-13-19/h3-15H2,1-2H3,(H,17,20). The predicted octanol–water partition coefficient (Wildman–Crippen LogP) is 2.10. The minimum atomic E-state index is 0.186. The number of hydrogen-bond acceptors (Lipinski definition) is 3. The first-order chi connectivity index (χ1) is 9.68. The van der Waals surface area contributed by atoms with Crippen LogP contribution in [0.5, 0.6) is 0 Å². The van der Waals surface area contributed by atoms with E-state index in [4.69, 9.17) is 0 Å². The number of nitrogens with one attached hydrogen (secondary N) is 1. The average molecular weight is 283 g/mol. The van der Waals surface area contributed by atoms with Gasteiger partial charge in [0.15, 0.2) is 0 Å². The Kier molecular flexibility index (Phi) is 9.67. The van der Waals surface area contributed by atoms with Gasteiger partial charge in [-0.05, 0) is 59.4 Å². The molecule has 0 bridgehead atoms. The van der Waals surface area contributed by atoms with Gasteiger partial charge in [-0.15, -0.1) is 0 Å². The van der Waals surface area contributed by atoms with Crippen molar-refractivity contribution in [3.63, 3.8) is 0 Å². The van der Waals surface area contributed by atoms with Crippen molar-refractivity contribution in [1.82, 2.24) is 15.1 Å². The topological polar surface area (TPSA) is 35.6 Å². The quantitative estimate of drug-likeness (QED) is 0.658. The molecule has 1 fully saturated rings. The van der Waals surface area contributed by atoms with E-state index in [0.29, 0.717) is 6.42 Å². The molecule has 1 aliphatic heterocycles. The molecule has 1 aliphatic rings. The van der Waals surface area contributed by atoms with Crippen LogP contribution in [0.3, 0.4) is 0 Å². The van der Waals surface area contributed by atoms with E-state index in [1.807, 2.05) is 19.0 Å². The number of carbonyl (C=O) groups is 1. The van der Waals surface area contributed by atoms with Gasteiger partial charge in [-0.25, -0.2) is 0 Å². The molecular weight excluding hydrogens is 250 g/mol. The van der Waals surface area contributed by atoms with Crippen molar-refractivity contribution < 1.29 is 4.79 Å². The van der Waals surface area contributed by atoms with Crippen LogP contribution in [-0.4, -0.2) is 62.5 Å². The molecule has 0 atom stereocenters. The van der Waals surface area contributed by atoms with Crippen LogP contribution in [0.2, 0.25) is 0 Å². The number of rotatable bonds is 9. The molecular formula is C16H33N3O. The van der Waals surface area contributed by atoms with E-state index in [1.165, 1.54) is 58.2 Å². The summed E-state index contributed by atoms with van der Waals surface area (Å²) in [6, 6.07) is 0. The van der Waals surface area contributed by atoms with Gasteiger partial charge in [0.2, 0.25) is 5.91 Å². The van der Waals surface area contributed by atoms with Gasteiger partial charge >= 0.3 is 0 Å². The summed E-state index contributed by atoms with van der Waals surface area (Å²) in [7, 11) is 3.99. The lowest BCUT2D eigenvalue weighted by atomic mass is 10.2. The van der Waals surface area contributed by atoms with E-state index in [0.717, 1.165) is 19.5 Å². The van der Waals surface area contributed by atoms with Crippen molar-refractivity contribution >= 4 is 5.91 Å². The van der Waals surface area contributed by atoms with E-state index in [9.17, 15) is 4.79 Å². The molecule has 20 heavy (non-hydrogen) atoms. The predicted molar refractivity (Wildman–Crippen MR) is 84.9 cm³/mol. The van der Waals surface area contributed by atoms with Crippen LogP contribution >= 0.6 is 0 Å². The zero-order chi connectivity index (χ0) is 14.6. The van der Waals surface area contributed by atoms with Gasteiger partial charge in [0.05, 0.1) is 0 Å². The Morgan fingerprint density at radius 2 is 1.75 bits per heavy atom. The van der Waals surface area contributed by atoms with Gasteiger partial charge in [0, 0.05) is 19.5 Å². The molecule has 0 aromatic carbocycles. The van der Waals surface area contributed by atoms with Gasteiger partial charge < -0.3 is 15.1 Å². The van der Waals surface area contributed by atoms with Gasteiger partial charge in [0.25, 0.3) is 0 Å². The second-order valence-corrected chi connectivity index (χ2v) is 6.22. The molecule has 4 heteroatoms. The molecule has 4 nitrogen and oxygen atoms in total. The van der Waals surface area contributed by atoms with E-state index in [-0.39, 0.29) is 5.91 Å². The largest absolute Gasteiger partial charge is 0.356 e. The van der Waals surface area contributed by atoms with Crippen LogP contribution in [0.1, 0.15) is 51.4 Å². The summed E-state index contributed by atoms with van der Waals surface area (Å²) in [5, 5.41) is 3.01. The summed E-state index contributed by atoms with van der Waals surface area (Å²) in [4.78, 5) is 16.2. The van der Waals surface area contributed by atoms with Crippen molar-refractivity contribution in [2.75, 3.05) is 46.8 Å². The van der Waals surface area contributed by atoms with E-state index < -0.39 is 0 Å². The van der Waals surface area contributed by atoms with Crippen molar-refractivity contribution in [2.45, 2.75) is 51.4 Å². The van der Waals surface area contributed by atoms with Crippen molar-refractivity contribution in [1.29, 1.82) is 0 Å². The second kappa shape index (κ2) is 11.1. The highest BCUT2D eigenvalue weighted by atomic mass is 16.1. The maximum absolute atomic E-state index is 11.5. The Bertz CT molecular complexity index is 248. The fourth-order valence-corrected chi connectivity index (χ4v) is 2.64. The van der Waals surface area contributed by atoms with Crippen LogP contribution in [0.15, 0.2) is 0 Å². The molecule has 1 N–H and O–H groups in total. The van der Waals surface area contributed by atoms with Crippen molar-refractivity contribution in [2.24, 2.45) is 0 Å². The minimum absolute atomic E-state index is 0.186. The molecule has 1 amide bonds. The molecule has 1 heterocycles. The number of amides is 1. The Balaban J connectivity index is 1.90. The normalized spacial score (nSPS) is 17.1. The summed E-state index contributed by atoms with van der Waals surface area (Å²) in [6.45, 7) is 5.50. The maximum atomic E-state index is 11.5. The molecule has 0 spiro atoms. The SMILES string of the molecule is CN(C)CCC(=O)NCCCCCN1CCCCCC1. The number of likely N-dealkylation sites (tertiary alicyclic amines) is 1. The fourth-order valence-electron chi connectivity index (χ4n) is 2.64. The first-order valence-corrected chi connectivity index (χ1v) is 8.32. The maximum Gasteiger partial charge on any atom is 0.221 e. The number of unbranched alkanes of at least 4 members (excludes halogenated alkanes) is 2. The Morgan fingerprint density at radius 3 is 2.40 bits per heavy atom. The zero-order valence-electron chi connectivity index (χ0n) is 13.5. The Labute approximate surface area is 124 Å². The van der Waals surface area contributed by atoms with E-state index in [1.54, 1.807) is 0 Å². The van der Waals surface area contributed by atoms with Crippen molar-refractivity contribution in [3.05, 3.63) is 0 Å². The number of hydrogen-bond donors (Lipinski definition) is 1. The van der Waals surface area contributed by atoms with Crippen LogP contribution in [0, 0.1) is 0 Å². The highest BCUT2D eigenvalue weighted by molar-refractivity contribution is 5.75. The average Bonchev–Trinajstić information content (AvgIpc) is 2.69. The van der Waals surface area contributed by atoms with E-state index >= 15 is 0 Å². The summed E-state index contributed by atoms with van der Waals surface area (Å²) in [5.41, 5.74) is 0. The highest BCUT2D eigenvalue weighted by Crippen LogP contribution is 2.10. The van der Waals surface area contributed by atoms with Crippen LogP contribution in [-0.2, 0) is 4.79 Å². The summed E-state index contributed by atoms with van der Waals surface area (Å²) in [5.74, 6) is 0.186. The number of carbonyl (C=O) groups excluding carboxylic acids is 1. The van der Waals surface area contributed by atoms with E-state index in [2.05, 4.69) is 10.2 Å². The second-order valence-electron chi connectivity index (χ2n) is 6.22. The summed E-state index contributed by atoms with van der Waals surface area (Å²) >= 11 is 0. The molecule has 1 rings (SSSR count). The van der Waals surface area contributed by atoms with Gasteiger partial charge in [-0.1, -0.05) is 19.3 Å². The monoisotopic (exact) mass is 283 g/mol. The molecule has 1 saturated heterocycles.